The molecule has 2 fully saturated rings. The first-order chi connectivity index (χ1) is 12.8. The van der Waals surface area contributed by atoms with E-state index in [-0.39, 0.29) is 0 Å². The van der Waals surface area contributed by atoms with Gasteiger partial charge in [-0.15, -0.1) is 0 Å². The van der Waals surface area contributed by atoms with Gasteiger partial charge >= 0.3 is 0 Å². The van der Waals surface area contributed by atoms with E-state index in [9.17, 15) is 5.11 Å². The van der Waals surface area contributed by atoms with E-state index in [2.05, 4.69) is 46.3 Å². The highest BCUT2D eigenvalue weighted by Crippen LogP contribution is 2.48. The fraction of sp³-hybridized carbons (Fsp3) is 0.522. The number of hydrogen-bond donors (Lipinski definition) is 1. The van der Waals surface area contributed by atoms with Crippen LogP contribution in [0.1, 0.15) is 49.7 Å². The lowest BCUT2D eigenvalue weighted by atomic mass is 9.68. The van der Waals surface area contributed by atoms with Gasteiger partial charge in [0, 0.05) is 18.9 Å². The number of pyridine rings is 1. The summed E-state index contributed by atoms with van der Waals surface area (Å²) in [4.78, 5) is 6.74. The third kappa shape index (κ3) is 3.56. The number of aromatic nitrogens is 1. The summed E-state index contributed by atoms with van der Waals surface area (Å²) < 4.78 is 0. The largest absolute Gasteiger partial charge is 0.385 e. The van der Waals surface area contributed by atoms with Crippen LogP contribution >= 0.6 is 0 Å². The number of piperidine rings is 1. The van der Waals surface area contributed by atoms with Crippen LogP contribution in [-0.2, 0) is 12.1 Å². The third-order valence-corrected chi connectivity index (χ3v) is 6.55. The molecule has 1 aliphatic heterocycles. The third-order valence-electron chi connectivity index (χ3n) is 6.55. The van der Waals surface area contributed by atoms with Crippen molar-refractivity contribution in [3.63, 3.8) is 0 Å². The number of hydrogen-bond acceptors (Lipinski definition) is 3. The molecular formula is C23H30N2O. The van der Waals surface area contributed by atoms with E-state index in [1.165, 1.54) is 31.2 Å². The quantitative estimate of drug-likeness (QED) is 0.870. The van der Waals surface area contributed by atoms with E-state index >= 15 is 0 Å². The second kappa shape index (κ2) is 7.89. The first-order valence-electron chi connectivity index (χ1n) is 10.2. The Morgan fingerprint density at radius 2 is 1.62 bits per heavy atom. The first kappa shape index (κ1) is 17.7. The Kier molecular flexibility index (Phi) is 5.37. The number of nitrogens with zero attached hydrogens (tertiary/aromatic N) is 2. The van der Waals surface area contributed by atoms with Gasteiger partial charge < -0.3 is 5.11 Å². The molecule has 1 saturated carbocycles. The summed E-state index contributed by atoms with van der Waals surface area (Å²) in [6.45, 7) is 3.08. The fourth-order valence-corrected chi connectivity index (χ4v) is 5.16. The Labute approximate surface area is 157 Å². The monoisotopic (exact) mass is 350 g/mol. The Balaban J connectivity index is 1.48. The second-order valence-corrected chi connectivity index (χ2v) is 8.08. The van der Waals surface area contributed by atoms with Gasteiger partial charge in [0.1, 0.15) is 0 Å². The molecule has 0 amide bonds. The number of likely N-dealkylation sites (tertiary alicyclic amines) is 1. The summed E-state index contributed by atoms with van der Waals surface area (Å²) in [6, 6.07) is 14.6. The highest BCUT2D eigenvalue weighted by atomic mass is 16.3. The van der Waals surface area contributed by atoms with Gasteiger partial charge in [0.25, 0.3) is 0 Å². The molecular weight excluding hydrogens is 320 g/mol. The minimum atomic E-state index is -0.655. The molecule has 1 saturated heterocycles. The van der Waals surface area contributed by atoms with Crippen LogP contribution < -0.4 is 0 Å². The molecule has 2 heterocycles. The van der Waals surface area contributed by atoms with Crippen LogP contribution in [0.3, 0.4) is 0 Å². The maximum atomic E-state index is 12.0. The van der Waals surface area contributed by atoms with Crippen molar-refractivity contribution in [2.75, 3.05) is 13.1 Å². The number of rotatable bonds is 5. The molecule has 1 aromatic carbocycles. The van der Waals surface area contributed by atoms with Crippen LogP contribution in [0.2, 0.25) is 0 Å². The van der Waals surface area contributed by atoms with Crippen LogP contribution in [-0.4, -0.2) is 28.1 Å². The van der Waals surface area contributed by atoms with Crippen molar-refractivity contribution in [3.8, 4) is 0 Å². The summed E-state index contributed by atoms with van der Waals surface area (Å²) in [6.07, 6.45) is 10.8. The van der Waals surface area contributed by atoms with Gasteiger partial charge in [-0.05, 0) is 67.8 Å². The molecule has 26 heavy (non-hydrogen) atoms. The first-order valence-corrected chi connectivity index (χ1v) is 10.2. The molecule has 0 spiro atoms. The topological polar surface area (TPSA) is 36.4 Å². The zero-order chi connectivity index (χ0) is 17.8. The van der Waals surface area contributed by atoms with E-state index in [0.717, 1.165) is 38.0 Å². The van der Waals surface area contributed by atoms with Gasteiger partial charge in [0.05, 0.1) is 5.60 Å². The maximum absolute atomic E-state index is 12.0. The summed E-state index contributed by atoms with van der Waals surface area (Å²) in [7, 11) is 0. The predicted octanol–water partition coefficient (Wildman–Crippen LogP) is 4.37. The second-order valence-electron chi connectivity index (χ2n) is 8.08. The van der Waals surface area contributed by atoms with Gasteiger partial charge in [0.2, 0.25) is 0 Å². The molecule has 1 unspecified atom stereocenters. The molecule has 2 aromatic rings. The predicted molar refractivity (Wildman–Crippen MR) is 105 cm³/mol. The lowest BCUT2D eigenvalue weighted by Crippen LogP contribution is -2.47. The number of aliphatic hydroxyl groups is 1. The molecule has 3 nitrogen and oxygen atoms in total. The van der Waals surface area contributed by atoms with Gasteiger partial charge in [-0.2, -0.15) is 0 Å². The average molecular weight is 351 g/mol. The van der Waals surface area contributed by atoms with Crippen molar-refractivity contribution >= 4 is 0 Å². The molecule has 4 rings (SSSR count). The minimum absolute atomic E-state index is 0.359. The molecule has 1 aliphatic carbocycles. The molecule has 1 aromatic heterocycles. The SMILES string of the molecule is OC(c1ccccc1)(C1CCCC1)C1CCN(Cc2cccnc2)CC1. The molecule has 138 valence electrons. The standard InChI is InChI=1S/C23H30N2O/c26-23(21-10-4-5-11-21,20-8-2-1-3-9-20)22-12-15-25(16-13-22)18-19-7-6-14-24-17-19/h1-3,6-9,14,17,21-22,26H,4-5,10-13,15-16,18H2. The van der Waals surface area contributed by atoms with Crippen molar-refractivity contribution in [3.05, 3.63) is 66.0 Å². The van der Waals surface area contributed by atoms with Crippen LogP contribution in [0.4, 0.5) is 0 Å². The van der Waals surface area contributed by atoms with Crippen LogP contribution in [0, 0.1) is 11.8 Å². The highest BCUT2D eigenvalue weighted by molar-refractivity contribution is 5.25. The zero-order valence-electron chi connectivity index (χ0n) is 15.6. The summed E-state index contributed by atoms with van der Waals surface area (Å²) >= 11 is 0. The average Bonchev–Trinajstić information content (AvgIpc) is 3.25. The van der Waals surface area contributed by atoms with Crippen molar-refractivity contribution < 1.29 is 5.11 Å². The van der Waals surface area contributed by atoms with Crippen molar-refractivity contribution in [2.45, 2.75) is 50.7 Å². The molecule has 0 radical (unpaired) electrons. The molecule has 0 bridgehead atoms. The molecule has 1 atom stereocenters. The van der Waals surface area contributed by atoms with E-state index in [1.807, 2.05) is 18.5 Å². The van der Waals surface area contributed by atoms with Crippen LogP contribution in [0.5, 0.6) is 0 Å². The van der Waals surface area contributed by atoms with E-state index in [1.54, 1.807) is 0 Å². The van der Waals surface area contributed by atoms with Crippen molar-refractivity contribution in [2.24, 2.45) is 11.8 Å². The molecule has 1 N–H and O–H groups in total. The van der Waals surface area contributed by atoms with Crippen molar-refractivity contribution in [1.29, 1.82) is 0 Å². The maximum Gasteiger partial charge on any atom is 0.0953 e. The molecule has 3 heteroatoms. The van der Waals surface area contributed by atoms with E-state index in [0.29, 0.717) is 11.8 Å². The van der Waals surface area contributed by atoms with Crippen molar-refractivity contribution in [1.82, 2.24) is 9.88 Å². The fourth-order valence-electron chi connectivity index (χ4n) is 5.16. The summed E-state index contributed by atoms with van der Waals surface area (Å²) in [5.41, 5.74) is 1.76. The van der Waals surface area contributed by atoms with Crippen LogP contribution in [0.25, 0.3) is 0 Å². The summed E-state index contributed by atoms with van der Waals surface area (Å²) in [5.74, 6) is 0.776. The Morgan fingerprint density at radius 3 is 2.27 bits per heavy atom. The normalized spacial score (nSPS) is 22.3. The minimum Gasteiger partial charge on any atom is -0.385 e. The van der Waals surface area contributed by atoms with Gasteiger partial charge in [-0.3, -0.25) is 9.88 Å². The summed E-state index contributed by atoms with van der Waals surface area (Å²) in [5, 5.41) is 12.0. The zero-order valence-corrected chi connectivity index (χ0v) is 15.6. The Bertz CT molecular complexity index is 676. The lowest BCUT2D eigenvalue weighted by Gasteiger charge is -2.45. The Morgan fingerprint density at radius 1 is 0.923 bits per heavy atom. The van der Waals surface area contributed by atoms with Crippen LogP contribution in [0.15, 0.2) is 54.9 Å². The van der Waals surface area contributed by atoms with E-state index in [4.69, 9.17) is 0 Å². The molecule has 2 aliphatic rings. The van der Waals surface area contributed by atoms with Gasteiger partial charge in [-0.25, -0.2) is 0 Å². The number of benzene rings is 1. The lowest BCUT2D eigenvalue weighted by molar-refractivity contribution is -0.0938. The highest BCUT2D eigenvalue weighted by Gasteiger charge is 2.46. The van der Waals surface area contributed by atoms with Gasteiger partial charge in [0.15, 0.2) is 0 Å². The van der Waals surface area contributed by atoms with Gasteiger partial charge in [-0.1, -0.05) is 49.2 Å². The van der Waals surface area contributed by atoms with E-state index < -0.39 is 5.60 Å². The smallest absolute Gasteiger partial charge is 0.0953 e. The Hall–Kier alpha value is -1.71.